The van der Waals surface area contributed by atoms with Gasteiger partial charge in [-0.3, -0.25) is 0 Å². The van der Waals surface area contributed by atoms with E-state index in [-0.39, 0.29) is 0 Å². The standard InChI is InChI=1S/C24H24N2OS/c1-2-9-19-10-3-6-14-23(19)27-16-8-15-26-22-13-5-4-12-21(22)25-24(26)18-20-11-7-17-28-20/h2-7,10-14,17H,1,8-9,15-16,18H2. The lowest BCUT2D eigenvalue weighted by molar-refractivity contribution is 0.299. The van der Waals surface area contributed by atoms with Gasteiger partial charge in [0, 0.05) is 17.8 Å². The van der Waals surface area contributed by atoms with E-state index in [0.29, 0.717) is 6.61 Å². The molecule has 2 heterocycles. The van der Waals surface area contributed by atoms with E-state index in [1.807, 2.05) is 30.3 Å². The first-order valence-corrected chi connectivity index (χ1v) is 10.5. The summed E-state index contributed by atoms with van der Waals surface area (Å²) in [6.07, 6.45) is 4.54. The maximum atomic E-state index is 6.07. The molecule has 0 aliphatic carbocycles. The Morgan fingerprint density at radius 2 is 1.89 bits per heavy atom. The zero-order valence-corrected chi connectivity index (χ0v) is 16.7. The highest BCUT2D eigenvalue weighted by molar-refractivity contribution is 7.09. The quantitative estimate of drug-likeness (QED) is 0.264. The third kappa shape index (κ3) is 4.18. The molecular formula is C24H24N2OS. The van der Waals surface area contributed by atoms with Gasteiger partial charge in [-0.2, -0.15) is 0 Å². The van der Waals surface area contributed by atoms with Gasteiger partial charge in [0.15, 0.2) is 0 Å². The minimum Gasteiger partial charge on any atom is -0.493 e. The fourth-order valence-electron chi connectivity index (χ4n) is 3.45. The molecule has 2 aromatic heterocycles. The first kappa shape index (κ1) is 18.5. The number of imidazole rings is 1. The average Bonchev–Trinajstić information content (AvgIpc) is 3.35. The number of hydrogen-bond donors (Lipinski definition) is 0. The third-order valence-corrected chi connectivity index (χ3v) is 5.64. The van der Waals surface area contributed by atoms with Crippen molar-refractivity contribution in [3.63, 3.8) is 0 Å². The summed E-state index contributed by atoms with van der Waals surface area (Å²) in [6.45, 7) is 5.40. The molecule has 0 fully saturated rings. The topological polar surface area (TPSA) is 27.1 Å². The van der Waals surface area contributed by atoms with E-state index in [1.54, 1.807) is 11.3 Å². The van der Waals surface area contributed by atoms with Crippen molar-refractivity contribution >= 4 is 22.4 Å². The van der Waals surface area contributed by atoms with Crippen molar-refractivity contribution in [2.45, 2.75) is 25.8 Å². The lowest BCUT2D eigenvalue weighted by atomic mass is 10.1. The summed E-state index contributed by atoms with van der Waals surface area (Å²) >= 11 is 1.78. The number of ether oxygens (including phenoxy) is 1. The van der Waals surface area contributed by atoms with E-state index in [9.17, 15) is 0 Å². The maximum Gasteiger partial charge on any atom is 0.122 e. The monoisotopic (exact) mass is 388 g/mol. The van der Waals surface area contributed by atoms with Crippen LogP contribution >= 0.6 is 11.3 Å². The van der Waals surface area contributed by atoms with Crippen LogP contribution in [0.15, 0.2) is 78.7 Å². The van der Waals surface area contributed by atoms with Crippen LogP contribution in [0.4, 0.5) is 0 Å². The number of para-hydroxylation sites is 3. The molecule has 0 N–H and O–H groups in total. The van der Waals surface area contributed by atoms with Crippen molar-refractivity contribution in [1.29, 1.82) is 0 Å². The molecule has 0 saturated carbocycles. The van der Waals surface area contributed by atoms with Gasteiger partial charge >= 0.3 is 0 Å². The number of fused-ring (bicyclic) bond motifs is 1. The molecule has 2 aromatic carbocycles. The predicted molar refractivity (Wildman–Crippen MR) is 117 cm³/mol. The minimum absolute atomic E-state index is 0.680. The Morgan fingerprint density at radius 1 is 1.04 bits per heavy atom. The maximum absolute atomic E-state index is 6.07. The Kier molecular flexibility index (Phi) is 5.88. The molecule has 0 unspecified atom stereocenters. The Hall–Kier alpha value is -2.85. The van der Waals surface area contributed by atoms with Crippen LogP contribution in [0, 0.1) is 0 Å². The van der Waals surface area contributed by atoms with E-state index in [1.165, 1.54) is 16.0 Å². The summed E-state index contributed by atoms with van der Waals surface area (Å²) in [4.78, 5) is 6.22. The van der Waals surface area contributed by atoms with Crippen molar-refractivity contribution in [1.82, 2.24) is 9.55 Å². The van der Waals surface area contributed by atoms with Gasteiger partial charge in [-0.15, -0.1) is 17.9 Å². The lowest BCUT2D eigenvalue weighted by Gasteiger charge is -2.12. The molecule has 0 radical (unpaired) electrons. The second-order valence-corrected chi connectivity index (χ2v) is 7.76. The molecular weight excluding hydrogens is 364 g/mol. The van der Waals surface area contributed by atoms with Gasteiger partial charge in [0.25, 0.3) is 0 Å². The Balaban J connectivity index is 1.46. The highest BCUT2D eigenvalue weighted by atomic mass is 32.1. The number of thiophene rings is 1. The van der Waals surface area contributed by atoms with Gasteiger partial charge < -0.3 is 9.30 Å². The number of aryl methyl sites for hydroxylation is 1. The predicted octanol–water partition coefficient (Wildman–Crippen LogP) is 5.89. The number of benzene rings is 2. The zero-order chi connectivity index (χ0) is 19.2. The summed E-state index contributed by atoms with van der Waals surface area (Å²) in [5, 5.41) is 2.12. The molecule has 0 amide bonds. The van der Waals surface area contributed by atoms with Crippen LogP contribution in [-0.2, 0) is 19.4 Å². The lowest BCUT2D eigenvalue weighted by Crippen LogP contribution is -2.08. The number of aromatic nitrogens is 2. The van der Waals surface area contributed by atoms with Crippen molar-refractivity contribution < 1.29 is 4.74 Å². The number of nitrogens with zero attached hydrogens (tertiary/aromatic N) is 2. The van der Waals surface area contributed by atoms with Crippen LogP contribution in [0.5, 0.6) is 5.75 Å². The molecule has 0 aliphatic heterocycles. The molecule has 0 atom stereocenters. The number of rotatable bonds is 9. The summed E-state index contributed by atoms with van der Waals surface area (Å²) in [6, 6.07) is 20.8. The van der Waals surface area contributed by atoms with Crippen LogP contribution in [0.1, 0.15) is 22.7 Å². The first-order valence-electron chi connectivity index (χ1n) is 9.63. The minimum atomic E-state index is 0.680. The normalized spacial score (nSPS) is 11.0. The Morgan fingerprint density at radius 3 is 2.75 bits per heavy atom. The summed E-state index contributed by atoms with van der Waals surface area (Å²) in [5.41, 5.74) is 3.44. The fraction of sp³-hybridized carbons (Fsp3) is 0.208. The summed E-state index contributed by atoms with van der Waals surface area (Å²) in [5.74, 6) is 2.08. The highest BCUT2D eigenvalue weighted by Gasteiger charge is 2.11. The fourth-order valence-corrected chi connectivity index (χ4v) is 4.15. The zero-order valence-electron chi connectivity index (χ0n) is 15.9. The molecule has 142 valence electrons. The van der Waals surface area contributed by atoms with Gasteiger partial charge in [-0.05, 0) is 48.1 Å². The Labute approximate surface area is 169 Å². The van der Waals surface area contributed by atoms with Gasteiger partial charge in [0.2, 0.25) is 0 Å². The molecule has 3 nitrogen and oxygen atoms in total. The van der Waals surface area contributed by atoms with Crippen LogP contribution in [0.25, 0.3) is 11.0 Å². The molecule has 0 aliphatic rings. The molecule has 0 spiro atoms. The van der Waals surface area contributed by atoms with Gasteiger partial charge in [-0.1, -0.05) is 42.5 Å². The van der Waals surface area contributed by atoms with Crippen molar-refractivity contribution in [2.75, 3.05) is 6.61 Å². The van der Waals surface area contributed by atoms with Crippen LogP contribution in [0.3, 0.4) is 0 Å². The highest BCUT2D eigenvalue weighted by Crippen LogP contribution is 2.22. The molecule has 0 saturated heterocycles. The van der Waals surface area contributed by atoms with E-state index >= 15 is 0 Å². The summed E-state index contributed by atoms with van der Waals surface area (Å²) < 4.78 is 8.41. The largest absolute Gasteiger partial charge is 0.493 e. The molecule has 4 aromatic rings. The summed E-state index contributed by atoms with van der Waals surface area (Å²) in [7, 11) is 0. The molecule has 4 rings (SSSR count). The van der Waals surface area contributed by atoms with E-state index in [0.717, 1.165) is 42.9 Å². The SMILES string of the molecule is C=CCc1ccccc1OCCCn1c(Cc2cccs2)nc2ccccc21. The Bertz CT molecular complexity index is 1050. The first-order chi connectivity index (χ1) is 13.8. The third-order valence-electron chi connectivity index (χ3n) is 4.77. The van der Waals surface area contributed by atoms with Gasteiger partial charge in [0.05, 0.1) is 17.6 Å². The van der Waals surface area contributed by atoms with Crippen molar-refractivity contribution in [3.05, 3.63) is 95.0 Å². The van der Waals surface area contributed by atoms with Crippen molar-refractivity contribution in [2.24, 2.45) is 0 Å². The van der Waals surface area contributed by atoms with Crippen LogP contribution in [0.2, 0.25) is 0 Å². The van der Waals surface area contributed by atoms with Gasteiger partial charge in [-0.25, -0.2) is 4.98 Å². The molecule has 28 heavy (non-hydrogen) atoms. The molecule has 4 heteroatoms. The number of allylic oxidation sites excluding steroid dienone is 1. The van der Waals surface area contributed by atoms with E-state index < -0.39 is 0 Å². The van der Waals surface area contributed by atoms with E-state index in [2.05, 4.69) is 52.9 Å². The second kappa shape index (κ2) is 8.89. The van der Waals surface area contributed by atoms with E-state index in [4.69, 9.17) is 9.72 Å². The second-order valence-electron chi connectivity index (χ2n) is 6.73. The van der Waals surface area contributed by atoms with Gasteiger partial charge in [0.1, 0.15) is 11.6 Å². The van der Waals surface area contributed by atoms with Crippen LogP contribution in [-0.4, -0.2) is 16.2 Å². The molecule has 0 bridgehead atoms. The van der Waals surface area contributed by atoms with Crippen molar-refractivity contribution in [3.8, 4) is 5.75 Å². The number of hydrogen-bond acceptors (Lipinski definition) is 3. The van der Waals surface area contributed by atoms with Crippen LogP contribution < -0.4 is 4.74 Å². The average molecular weight is 389 g/mol. The smallest absolute Gasteiger partial charge is 0.122 e.